The molecule has 0 radical (unpaired) electrons. The highest BCUT2D eigenvalue weighted by Crippen LogP contribution is 2.22. The Labute approximate surface area is 104 Å². The van der Waals surface area contributed by atoms with Crippen molar-refractivity contribution in [2.75, 3.05) is 0 Å². The molecule has 19 heavy (non-hydrogen) atoms. The van der Waals surface area contributed by atoms with E-state index in [2.05, 4.69) is 4.98 Å². The van der Waals surface area contributed by atoms with Crippen LogP contribution in [0.5, 0.6) is 0 Å². The number of carboxylic acids is 1. The summed E-state index contributed by atoms with van der Waals surface area (Å²) in [5.41, 5.74) is -0.790. The van der Waals surface area contributed by atoms with E-state index in [4.69, 9.17) is 5.11 Å². The summed E-state index contributed by atoms with van der Waals surface area (Å²) in [6.07, 6.45) is -5.62. The van der Waals surface area contributed by atoms with Gasteiger partial charge in [0.15, 0.2) is 0 Å². The van der Waals surface area contributed by atoms with Crippen LogP contribution in [0.3, 0.4) is 0 Å². The smallest absolute Gasteiger partial charge is 0.390 e. The zero-order chi connectivity index (χ0) is 14.2. The third-order valence-corrected chi connectivity index (χ3v) is 2.64. The Kier molecular flexibility index (Phi) is 3.09. The number of nitrogens with one attached hydrogen (secondary N) is 1. The van der Waals surface area contributed by atoms with E-state index in [0.717, 1.165) is 4.57 Å². The summed E-state index contributed by atoms with van der Waals surface area (Å²) in [4.78, 5) is 24.9. The van der Waals surface area contributed by atoms with Crippen LogP contribution in [0.15, 0.2) is 23.0 Å². The van der Waals surface area contributed by atoms with Crippen molar-refractivity contribution < 1.29 is 23.1 Å². The SMILES string of the molecule is O=C(O)c1cccc2[nH]c(=O)n(CCC(F)(F)F)c12. The molecule has 0 fully saturated rings. The number of aryl methyl sites for hydroxylation is 1. The number of hydrogen-bond acceptors (Lipinski definition) is 2. The van der Waals surface area contributed by atoms with E-state index in [0.29, 0.717) is 0 Å². The van der Waals surface area contributed by atoms with E-state index < -0.39 is 30.8 Å². The number of carboxylic acid groups (broad SMARTS) is 1. The van der Waals surface area contributed by atoms with Crippen LogP contribution >= 0.6 is 0 Å². The number of benzene rings is 1. The van der Waals surface area contributed by atoms with E-state index in [9.17, 15) is 22.8 Å². The van der Waals surface area contributed by atoms with Crippen LogP contribution in [0.25, 0.3) is 11.0 Å². The number of alkyl halides is 3. The predicted octanol–water partition coefficient (Wildman–Crippen LogP) is 1.98. The third-order valence-electron chi connectivity index (χ3n) is 2.64. The second-order valence-corrected chi connectivity index (χ2v) is 3.95. The van der Waals surface area contributed by atoms with Gasteiger partial charge in [-0.05, 0) is 12.1 Å². The van der Waals surface area contributed by atoms with Crippen LogP contribution in [0.2, 0.25) is 0 Å². The number of aromatic amines is 1. The van der Waals surface area contributed by atoms with Crippen LogP contribution in [0.1, 0.15) is 16.8 Å². The highest BCUT2D eigenvalue weighted by molar-refractivity contribution is 6.01. The maximum atomic E-state index is 12.2. The molecular weight excluding hydrogens is 265 g/mol. The third kappa shape index (κ3) is 2.61. The summed E-state index contributed by atoms with van der Waals surface area (Å²) in [5, 5.41) is 8.99. The lowest BCUT2D eigenvalue weighted by atomic mass is 10.2. The Bertz CT molecular complexity index is 685. The summed E-state index contributed by atoms with van der Waals surface area (Å²) < 4.78 is 37.4. The summed E-state index contributed by atoms with van der Waals surface area (Å²) in [6, 6.07) is 4.09. The van der Waals surface area contributed by atoms with Gasteiger partial charge in [0.1, 0.15) is 0 Å². The topological polar surface area (TPSA) is 75.1 Å². The maximum Gasteiger partial charge on any atom is 0.390 e. The fourth-order valence-corrected chi connectivity index (χ4v) is 1.84. The molecule has 2 aromatic rings. The van der Waals surface area contributed by atoms with Gasteiger partial charge in [0.25, 0.3) is 0 Å². The number of fused-ring (bicyclic) bond motifs is 1. The maximum absolute atomic E-state index is 12.2. The molecule has 5 nitrogen and oxygen atoms in total. The van der Waals surface area contributed by atoms with Gasteiger partial charge in [-0.1, -0.05) is 6.07 Å². The van der Waals surface area contributed by atoms with Gasteiger partial charge >= 0.3 is 17.8 Å². The van der Waals surface area contributed by atoms with E-state index in [1.165, 1.54) is 18.2 Å². The molecular formula is C11H9F3N2O3. The minimum Gasteiger partial charge on any atom is -0.478 e. The summed E-state index contributed by atoms with van der Waals surface area (Å²) >= 11 is 0. The first-order valence-corrected chi connectivity index (χ1v) is 5.31. The van der Waals surface area contributed by atoms with Gasteiger partial charge in [0.05, 0.1) is 23.0 Å². The van der Waals surface area contributed by atoms with Gasteiger partial charge in [0, 0.05) is 6.54 Å². The van der Waals surface area contributed by atoms with Gasteiger partial charge in [-0.25, -0.2) is 9.59 Å². The first-order chi connectivity index (χ1) is 8.79. The number of carbonyl (C=O) groups is 1. The van der Waals surface area contributed by atoms with E-state index >= 15 is 0 Å². The average molecular weight is 274 g/mol. The number of nitrogens with zero attached hydrogens (tertiary/aromatic N) is 1. The van der Waals surface area contributed by atoms with Gasteiger partial charge in [-0.15, -0.1) is 0 Å². The number of H-pyrrole nitrogens is 1. The Morgan fingerprint density at radius 1 is 1.37 bits per heavy atom. The molecule has 2 rings (SSSR count). The Morgan fingerprint density at radius 3 is 2.63 bits per heavy atom. The average Bonchev–Trinajstić information content (AvgIpc) is 2.60. The molecule has 2 N–H and O–H groups in total. The molecule has 1 heterocycles. The molecule has 1 aromatic heterocycles. The Morgan fingerprint density at radius 2 is 2.05 bits per heavy atom. The molecule has 102 valence electrons. The fourth-order valence-electron chi connectivity index (χ4n) is 1.84. The quantitative estimate of drug-likeness (QED) is 0.898. The number of aromatic nitrogens is 2. The molecule has 0 atom stereocenters. The molecule has 0 spiro atoms. The van der Waals surface area contributed by atoms with Crippen molar-refractivity contribution in [3.8, 4) is 0 Å². The van der Waals surface area contributed by atoms with Crippen LogP contribution in [-0.4, -0.2) is 26.8 Å². The van der Waals surface area contributed by atoms with Crippen LogP contribution < -0.4 is 5.69 Å². The zero-order valence-electron chi connectivity index (χ0n) is 9.49. The van der Waals surface area contributed by atoms with Crippen molar-refractivity contribution in [3.63, 3.8) is 0 Å². The normalized spacial score (nSPS) is 11.9. The number of imidazole rings is 1. The summed E-state index contributed by atoms with van der Waals surface area (Å²) in [5.74, 6) is -1.30. The molecule has 0 bridgehead atoms. The van der Waals surface area contributed by atoms with Crippen LogP contribution in [0, 0.1) is 0 Å². The van der Waals surface area contributed by atoms with Gasteiger partial charge < -0.3 is 10.1 Å². The molecule has 0 aliphatic rings. The minimum atomic E-state index is -4.42. The Hall–Kier alpha value is -2.25. The second-order valence-electron chi connectivity index (χ2n) is 3.95. The van der Waals surface area contributed by atoms with Gasteiger partial charge in [-0.3, -0.25) is 4.57 Å². The van der Waals surface area contributed by atoms with Gasteiger partial charge in [-0.2, -0.15) is 13.2 Å². The minimum absolute atomic E-state index is 0.0238. The van der Waals surface area contributed by atoms with Crippen molar-refractivity contribution in [1.29, 1.82) is 0 Å². The largest absolute Gasteiger partial charge is 0.478 e. The molecule has 0 saturated heterocycles. The van der Waals surface area contributed by atoms with Crippen molar-refractivity contribution in [3.05, 3.63) is 34.2 Å². The molecule has 0 saturated carbocycles. The highest BCUT2D eigenvalue weighted by atomic mass is 19.4. The van der Waals surface area contributed by atoms with E-state index in [-0.39, 0.29) is 16.6 Å². The zero-order valence-corrected chi connectivity index (χ0v) is 9.49. The first kappa shape index (κ1) is 13.2. The van der Waals surface area contributed by atoms with E-state index in [1.807, 2.05) is 0 Å². The molecule has 8 heteroatoms. The van der Waals surface area contributed by atoms with E-state index in [1.54, 1.807) is 0 Å². The van der Waals surface area contributed by atoms with Crippen molar-refractivity contribution in [2.45, 2.75) is 19.1 Å². The molecule has 0 amide bonds. The second kappa shape index (κ2) is 4.45. The molecule has 1 aromatic carbocycles. The standard InChI is InChI=1S/C11H9F3N2O3/c12-11(13,14)4-5-16-8-6(9(17)18)2-1-3-7(8)15-10(16)19/h1-3H,4-5H2,(H,15,19)(H,17,18). The lowest BCUT2D eigenvalue weighted by Gasteiger charge is -2.08. The van der Waals surface area contributed by atoms with Crippen molar-refractivity contribution >= 4 is 17.0 Å². The van der Waals surface area contributed by atoms with Crippen molar-refractivity contribution in [2.24, 2.45) is 0 Å². The monoisotopic (exact) mass is 274 g/mol. The van der Waals surface area contributed by atoms with Crippen LogP contribution in [-0.2, 0) is 6.54 Å². The number of rotatable bonds is 3. The molecule has 0 aliphatic heterocycles. The Balaban J connectivity index is 2.56. The molecule has 0 unspecified atom stereocenters. The number of halogens is 3. The first-order valence-electron chi connectivity index (χ1n) is 5.31. The number of aromatic carboxylic acids is 1. The van der Waals surface area contributed by atoms with Crippen molar-refractivity contribution in [1.82, 2.24) is 9.55 Å². The summed E-state index contributed by atoms with van der Waals surface area (Å²) in [6.45, 7) is -0.618. The molecule has 0 aliphatic carbocycles. The fraction of sp³-hybridized carbons (Fsp3) is 0.273. The highest BCUT2D eigenvalue weighted by Gasteiger charge is 2.28. The lowest BCUT2D eigenvalue weighted by Crippen LogP contribution is -2.21. The van der Waals surface area contributed by atoms with Crippen LogP contribution in [0.4, 0.5) is 13.2 Å². The lowest BCUT2D eigenvalue weighted by molar-refractivity contribution is -0.136. The van der Waals surface area contributed by atoms with Gasteiger partial charge in [0.2, 0.25) is 0 Å². The predicted molar refractivity (Wildman–Crippen MR) is 60.2 cm³/mol. The summed E-state index contributed by atoms with van der Waals surface area (Å²) in [7, 11) is 0. The number of hydrogen-bond donors (Lipinski definition) is 2. The number of para-hydroxylation sites is 1.